The molecule has 24 heavy (non-hydrogen) atoms. The number of fused-ring (bicyclic) bond motifs is 1. The number of oxazole rings is 1. The van der Waals surface area contributed by atoms with Crippen molar-refractivity contribution < 1.29 is 22.6 Å². The van der Waals surface area contributed by atoms with E-state index in [2.05, 4.69) is 16.8 Å². The van der Waals surface area contributed by atoms with Crippen LogP contribution in [0.4, 0.5) is 0 Å². The Morgan fingerprint density at radius 3 is 2.75 bits per heavy atom. The number of likely N-dealkylation sites (N-methyl/N-ethyl adjacent to an activating group) is 1. The van der Waals surface area contributed by atoms with Crippen molar-refractivity contribution >= 4 is 21.1 Å². The Morgan fingerprint density at radius 2 is 2.00 bits per heavy atom. The molecule has 0 aliphatic carbocycles. The van der Waals surface area contributed by atoms with Crippen molar-refractivity contribution in [2.45, 2.75) is 11.3 Å². The molecule has 1 aliphatic heterocycles. The molecule has 1 aromatic heterocycles. The van der Waals surface area contributed by atoms with Gasteiger partial charge in [-0.3, -0.25) is 4.98 Å². The maximum atomic E-state index is 12.3. The number of benzene rings is 1. The number of hydrogen-bond donors (Lipinski definition) is 4. The number of aromatic amines is 1. The van der Waals surface area contributed by atoms with Gasteiger partial charge in [0.05, 0.1) is 24.0 Å². The second-order valence-corrected chi connectivity index (χ2v) is 8.15. The van der Waals surface area contributed by atoms with Gasteiger partial charge >= 0.3 is 5.76 Å². The highest BCUT2D eigenvalue weighted by Crippen LogP contribution is 2.16. The maximum absolute atomic E-state index is 12.3. The summed E-state index contributed by atoms with van der Waals surface area (Å²) in [6.45, 7) is 6.00. The summed E-state index contributed by atoms with van der Waals surface area (Å²) in [6, 6.07) is 4.36. The van der Waals surface area contributed by atoms with E-state index in [-0.39, 0.29) is 10.5 Å². The van der Waals surface area contributed by atoms with Gasteiger partial charge in [-0.15, -0.1) is 0 Å². The van der Waals surface area contributed by atoms with Crippen LogP contribution in [0.3, 0.4) is 0 Å². The molecule has 0 saturated carbocycles. The van der Waals surface area contributed by atoms with E-state index in [1.165, 1.54) is 36.2 Å². The third-order valence-electron chi connectivity index (χ3n) is 4.51. The van der Waals surface area contributed by atoms with Crippen LogP contribution in [0.25, 0.3) is 11.1 Å². The number of hydrogen-bond acceptors (Lipinski definition) is 4. The maximum Gasteiger partial charge on any atom is 0.417 e. The number of nitrogens with one attached hydrogen (secondary N) is 4. The van der Waals surface area contributed by atoms with Gasteiger partial charge in [0.2, 0.25) is 10.0 Å². The van der Waals surface area contributed by atoms with Gasteiger partial charge in [-0.05, 0) is 12.1 Å². The molecule has 8 nitrogen and oxygen atoms in total. The second-order valence-electron chi connectivity index (χ2n) is 6.38. The molecule has 4 N–H and O–H groups in total. The van der Waals surface area contributed by atoms with Gasteiger partial charge < -0.3 is 14.2 Å². The molecule has 9 heteroatoms. The summed E-state index contributed by atoms with van der Waals surface area (Å²) >= 11 is 0. The van der Waals surface area contributed by atoms with E-state index in [1.807, 2.05) is 0 Å². The van der Waals surface area contributed by atoms with Gasteiger partial charge in [0.15, 0.2) is 5.58 Å². The summed E-state index contributed by atoms with van der Waals surface area (Å²) in [5.74, 6) is -0.593. The van der Waals surface area contributed by atoms with Gasteiger partial charge in [-0.2, -0.15) is 0 Å². The number of aromatic nitrogens is 1. The molecule has 0 amide bonds. The zero-order valence-electron chi connectivity index (χ0n) is 13.7. The van der Waals surface area contributed by atoms with Crippen LogP contribution >= 0.6 is 0 Å². The molecule has 0 bridgehead atoms. The predicted molar refractivity (Wildman–Crippen MR) is 88.8 cm³/mol. The first-order valence-corrected chi connectivity index (χ1v) is 9.70. The third-order valence-corrected chi connectivity index (χ3v) is 5.97. The molecule has 0 atom stereocenters. The summed E-state index contributed by atoms with van der Waals surface area (Å²) in [5, 5.41) is 0. The van der Waals surface area contributed by atoms with Crippen LogP contribution in [0.15, 0.2) is 32.3 Å². The standard InChI is InChI=1S/C15H22N4O4S/c1-18-7-9-19(10-8-18)6-2-5-16-24(21,22)12-3-4-13-14(11-12)23-15(20)17-13/h3-4,11,16H,2,5-10H2,1H3,(H,17,20)/p+2. The Labute approximate surface area is 140 Å². The summed E-state index contributed by atoms with van der Waals surface area (Å²) in [7, 11) is -1.39. The van der Waals surface area contributed by atoms with Crippen molar-refractivity contribution in [2.24, 2.45) is 0 Å². The Morgan fingerprint density at radius 1 is 1.25 bits per heavy atom. The van der Waals surface area contributed by atoms with Crippen molar-refractivity contribution in [1.82, 2.24) is 9.71 Å². The van der Waals surface area contributed by atoms with Crippen molar-refractivity contribution in [3.05, 3.63) is 28.7 Å². The highest BCUT2D eigenvalue weighted by Gasteiger charge is 2.20. The fourth-order valence-electron chi connectivity index (χ4n) is 3.00. The van der Waals surface area contributed by atoms with Crippen molar-refractivity contribution in [3.8, 4) is 0 Å². The smallest absolute Gasteiger partial charge is 0.408 e. The summed E-state index contributed by atoms with van der Waals surface area (Å²) in [5.41, 5.74) is 0.729. The quantitative estimate of drug-likeness (QED) is 0.420. The molecule has 2 aromatic rings. The van der Waals surface area contributed by atoms with Gasteiger partial charge in [0.25, 0.3) is 0 Å². The molecule has 0 unspecified atom stereocenters. The molecule has 1 aromatic carbocycles. The molecule has 1 fully saturated rings. The van der Waals surface area contributed by atoms with Crippen molar-refractivity contribution in [2.75, 3.05) is 46.3 Å². The fourth-order valence-corrected chi connectivity index (χ4v) is 4.09. The highest BCUT2D eigenvalue weighted by atomic mass is 32.2. The molecule has 132 valence electrons. The van der Waals surface area contributed by atoms with Crippen LogP contribution in [-0.2, 0) is 10.0 Å². The number of rotatable bonds is 6. The highest BCUT2D eigenvalue weighted by molar-refractivity contribution is 7.89. The van der Waals surface area contributed by atoms with E-state index >= 15 is 0 Å². The zero-order valence-corrected chi connectivity index (χ0v) is 14.5. The molecule has 0 spiro atoms. The summed E-state index contributed by atoms with van der Waals surface area (Å²) in [4.78, 5) is 16.8. The summed E-state index contributed by atoms with van der Waals surface area (Å²) < 4.78 is 32.2. The molecule has 1 aliphatic rings. The monoisotopic (exact) mass is 356 g/mol. The predicted octanol–water partition coefficient (Wildman–Crippen LogP) is -2.80. The fraction of sp³-hybridized carbons (Fsp3) is 0.533. The molecule has 2 heterocycles. The van der Waals surface area contributed by atoms with E-state index in [0.717, 1.165) is 26.1 Å². The van der Waals surface area contributed by atoms with Crippen LogP contribution in [0.1, 0.15) is 6.42 Å². The van der Waals surface area contributed by atoms with Crippen molar-refractivity contribution in [3.63, 3.8) is 0 Å². The zero-order chi connectivity index (χ0) is 17.2. The Kier molecular flexibility index (Phi) is 5.04. The molecule has 0 radical (unpaired) electrons. The van der Waals surface area contributed by atoms with E-state index in [4.69, 9.17) is 4.42 Å². The van der Waals surface area contributed by atoms with Crippen LogP contribution in [0.5, 0.6) is 0 Å². The summed E-state index contributed by atoms with van der Waals surface area (Å²) in [6.07, 6.45) is 0.801. The SMILES string of the molecule is C[NH+]1CC[NH+](CCCNS(=O)(=O)c2ccc3[nH]c(=O)oc3c2)CC1. The van der Waals surface area contributed by atoms with Crippen LogP contribution < -0.4 is 20.3 Å². The minimum absolute atomic E-state index is 0.105. The van der Waals surface area contributed by atoms with Crippen LogP contribution in [-0.4, -0.2) is 59.7 Å². The average Bonchev–Trinajstić information content (AvgIpc) is 2.92. The minimum atomic E-state index is -3.59. The lowest BCUT2D eigenvalue weighted by Gasteiger charge is -2.27. The van der Waals surface area contributed by atoms with Gasteiger partial charge in [-0.1, -0.05) is 0 Å². The van der Waals surface area contributed by atoms with Crippen LogP contribution in [0, 0.1) is 0 Å². The number of sulfonamides is 1. The first-order chi connectivity index (χ1) is 11.4. The van der Waals surface area contributed by atoms with Gasteiger partial charge in [0, 0.05) is 19.0 Å². The molecule has 3 rings (SSSR count). The van der Waals surface area contributed by atoms with Crippen molar-refractivity contribution in [1.29, 1.82) is 0 Å². The average molecular weight is 356 g/mol. The van der Waals surface area contributed by atoms with Crippen LogP contribution in [0.2, 0.25) is 0 Å². The molecule has 1 saturated heterocycles. The first-order valence-electron chi connectivity index (χ1n) is 8.21. The van der Waals surface area contributed by atoms with E-state index in [0.29, 0.717) is 12.1 Å². The first kappa shape index (κ1) is 17.2. The Hall–Kier alpha value is -1.68. The lowest BCUT2D eigenvalue weighted by atomic mass is 10.3. The molecular weight excluding hydrogens is 332 g/mol. The lowest BCUT2D eigenvalue weighted by molar-refractivity contribution is -1.00. The normalized spacial score (nSPS) is 22.0. The van der Waals surface area contributed by atoms with Gasteiger partial charge in [0.1, 0.15) is 26.2 Å². The third kappa shape index (κ3) is 4.04. The van der Waals surface area contributed by atoms with Gasteiger partial charge in [-0.25, -0.2) is 17.9 Å². The number of H-pyrrole nitrogens is 1. The van der Waals surface area contributed by atoms with E-state index in [9.17, 15) is 13.2 Å². The second kappa shape index (κ2) is 7.06. The number of quaternary nitrogens is 2. The lowest BCUT2D eigenvalue weighted by Crippen LogP contribution is -3.27. The topological polar surface area (TPSA) is 101 Å². The van der Waals surface area contributed by atoms with E-state index < -0.39 is 15.8 Å². The minimum Gasteiger partial charge on any atom is -0.408 e. The molecular formula is C15H24N4O4S+2. The van der Waals surface area contributed by atoms with E-state index in [1.54, 1.807) is 4.90 Å². The Bertz CT molecular complexity index is 850. The largest absolute Gasteiger partial charge is 0.417 e. The Balaban J connectivity index is 1.54. The number of piperazine rings is 1.